The highest BCUT2D eigenvalue weighted by molar-refractivity contribution is 5.90. The molecule has 0 spiro atoms. The molecule has 2 aromatic rings. The van der Waals surface area contributed by atoms with Crippen LogP contribution in [0.2, 0.25) is 0 Å². The molecule has 132 valence electrons. The summed E-state index contributed by atoms with van der Waals surface area (Å²) in [6.07, 6.45) is -0.968. The second-order valence-electron chi connectivity index (χ2n) is 5.61. The van der Waals surface area contributed by atoms with Crippen molar-refractivity contribution < 1.29 is 22.4 Å². The topological polar surface area (TPSA) is 58.1 Å². The molecular weight excluding hydrogens is 340 g/mol. The highest BCUT2D eigenvalue weighted by Gasteiger charge is 2.37. The summed E-state index contributed by atoms with van der Waals surface area (Å²) in [6.45, 7) is 1.02. The van der Waals surface area contributed by atoms with Gasteiger partial charge >= 0.3 is 12.2 Å². The van der Waals surface area contributed by atoms with E-state index in [0.717, 1.165) is 31.2 Å². The molecule has 0 atom stereocenters. The molecule has 3 rings (SSSR count). The lowest BCUT2D eigenvalue weighted by molar-refractivity contribution is -0.140. The number of rotatable bonds is 2. The van der Waals surface area contributed by atoms with Gasteiger partial charge in [-0.1, -0.05) is 0 Å². The summed E-state index contributed by atoms with van der Waals surface area (Å²) in [7, 11) is 0. The fourth-order valence-electron chi connectivity index (χ4n) is 2.60. The molecule has 5 nitrogen and oxygen atoms in total. The quantitative estimate of drug-likeness (QED) is 0.832. The number of pyridine rings is 2. The number of amides is 2. The zero-order chi connectivity index (χ0) is 18.0. The van der Waals surface area contributed by atoms with Gasteiger partial charge in [0.05, 0.1) is 17.6 Å². The third kappa shape index (κ3) is 3.86. The number of hydrogen-bond donors (Lipinski definition) is 1. The number of alkyl halides is 3. The van der Waals surface area contributed by atoms with Crippen LogP contribution in [-0.2, 0) is 6.18 Å². The van der Waals surface area contributed by atoms with Gasteiger partial charge < -0.3 is 10.2 Å². The molecule has 2 aromatic heterocycles. The summed E-state index contributed by atoms with van der Waals surface area (Å²) >= 11 is 0. The van der Waals surface area contributed by atoms with E-state index in [1.165, 1.54) is 17.2 Å². The third-order valence-electron chi connectivity index (χ3n) is 3.80. The zero-order valence-electron chi connectivity index (χ0n) is 13.0. The predicted octanol–water partition coefficient (Wildman–Crippen LogP) is 3.93. The Bertz CT molecular complexity index is 788. The lowest BCUT2D eigenvalue weighted by atomic mass is 10.1. The van der Waals surface area contributed by atoms with Crippen molar-refractivity contribution in [1.29, 1.82) is 0 Å². The van der Waals surface area contributed by atoms with Gasteiger partial charge in [-0.05, 0) is 31.0 Å². The summed E-state index contributed by atoms with van der Waals surface area (Å²) < 4.78 is 53.2. The van der Waals surface area contributed by atoms with Crippen LogP contribution in [0, 0.1) is 5.82 Å². The molecule has 2 amide bonds. The molecule has 1 aliphatic rings. The van der Waals surface area contributed by atoms with Crippen LogP contribution in [0.1, 0.15) is 18.5 Å². The normalized spacial score (nSPS) is 14.6. The van der Waals surface area contributed by atoms with Gasteiger partial charge in [0.2, 0.25) is 0 Å². The number of urea groups is 1. The Hall–Kier alpha value is -2.71. The van der Waals surface area contributed by atoms with Gasteiger partial charge in [0.15, 0.2) is 5.69 Å². The van der Waals surface area contributed by atoms with E-state index < -0.39 is 29.4 Å². The molecule has 3 heterocycles. The van der Waals surface area contributed by atoms with Crippen LogP contribution in [0.4, 0.5) is 28.0 Å². The number of halogens is 4. The lowest BCUT2D eigenvalue weighted by Crippen LogP contribution is -2.33. The van der Waals surface area contributed by atoms with Crippen molar-refractivity contribution in [2.24, 2.45) is 0 Å². The Morgan fingerprint density at radius 2 is 1.88 bits per heavy atom. The molecule has 1 aliphatic heterocycles. The van der Waals surface area contributed by atoms with Crippen molar-refractivity contribution in [3.05, 3.63) is 42.1 Å². The number of anilines is 1. The maximum atomic E-state index is 13.3. The highest BCUT2D eigenvalue weighted by Crippen LogP contribution is 2.35. The maximum absolute atomic E-state index is 13.3. The standard InChI is InChI=1S/C16H14F4N4O/c17-11-7-10(8-21-9-11)12-3-4-13(14(22-12)16(18,19)20)23-15(25)24-5-1-2-6-24/h3-4,7-9H,1-2,5-6H2,(H,23,25). The van der Waals surface area contributed by atoms with Crippen molar-refractivity contribution >= 4 is 11.7 Å². The number of aromatic nitrogens is 2. The summed E-state index contributed by atoms with van der Waals surface area (Å²) in [5.74, 6) is -0.681. The number of hydrogen-bond acceptors (Lipinski definition) is 3. The molecule has 1 saturated heterocycles. The Morgan fingerprint density at radius 3 is 2.52 bits per heavy atom. The minimum absolute atomic E-state index is 0.0847. The lowest BCUT2D eigenvalue weighted by Gasteiger charge is -2.19. The molecule has 0 radical (unpaired) electrons. The second-order valence-corrected chi connectivity index (χ2v) is 5.61. The van der Waals surface area contributed by atoms with E-state index >= 15 is 0 Å². The molecular formula is C16H14F4N4O. The van der Waals surface area contributed by atoms with Gasteiger partial charge in [0.25, 0.3) is 0 Å². The van der Waals surface area contributed by atoms with Crippen LogP contribution < -0.4 is 5.32 Å². The van der Waals surface area contributed by atoms with Gasteiger partial charge in [-0.25, -0.2) is 14.2 Å². The molecule has 1 fully saturated rings. The first-order chi connectivity index (χ1) is 11.8. The van der Waals surface area contributed by atoms with E-state index in [-0.39, 0.29) is 11.3 Å². The number of nitrogens with zero attached hydrogens (tertiary/aromatic N) is 3. The average molecular weight is 354 g/mol. The molecule has 0 saturated carbocycles. The van der Waals surface area contributed by atoms with Crippen LogP contribution in [0.15, 0.2) is 30.6 Å². The molecule has 0 aromatic carbocycles. The predicted molar refractivity (Wildman–Crippen MR) is 82.3 cm³/mol. The Morgan fingerprint density at radius 1 is 1.16 bits per heavy atom. The number of likely N-dealkylation sites (tertiary alicyclic amines) is 1. The average Bonchev–Trinajstić information content (AvgIpc) is 3.09. The second kappa shape index (κ2) is 6.66. The minimum Gasteiger partial charge on any atom is -0.325 e. The fraction of sp³-hybridized carbons (Fsp3) is 0.312. The number of nitrogens with one attached hydrogen (secondary N) is 1. The SMILES string of the molecule is O=C(Nc1ccc(-c2cncc(F)c2)nc1C(F)(F)F)N1CCCC1. The summed E-state index contributed by atoms with van der Waals surface area (Å²) in [4.78, 5) is 20.7. The van der Waals surface area contributed by atoms with Crippen LogP contribution in [-0.4, -0.2) is 34.0 Å². The fourth-order valence-corrected chi connectivity index (χ4v) is 2.60. The summed E-state index contributed by atoms with van der Waals surface area (Å²) in [6, 6.07) is 2.85. The van der Waals surface area contributed by atoms with E-state index in [2.05, 4.69) is 15.3 Å². The van der Waals surface area contributed by atoms with Gasteiger partial charge in [0, 0.05) is 24.8 Å². The van der Waals surface area contributed by atoms with Crippen LogP contribution in [0.5, 0.6) is 0 Å². The Balaban J connectivity index is 1.94. The highest BCUT2D eigenvalue weighted by atomic mass is 19.4. The Labute approximate surface area is 140 Å². The van der Waals surface area contributed by atoms with Crippen molar-refractivity contribution in [3.8, 4) is 11.3 Å². The van der Waals surface area contributed by atoms with Crippen molar-refractivity contribution in [2.75, 3.05) is 18.4 Å². The monoisotopic (exact) mass is 354 g/mol. The van der Waals surface area contributed by atoms with E-state index in [4.69, 9.17) is 0 Å². The zero-order valence-corrected chi connectivity index (χ0v) is 13.0. The van der Waals surface area contributed by atoms with Crippen LogP contribution >= 0.6 is 0 Å². The largest absolute Gasteiger partial charge is 0.435 e. The van der Waals surface area contributed by atoms with E-state index in [1.807, 2.05) is 0 Å². The van der Waals surface area contributed by atoms with Crippen LogP contribution in [0.25, 0.3) is 11.3 Å². The van der Waals surface area contributed by atoms with E-state index in [9.17, 15) is 22.4 Å². The van der Waals surface area contributed by atoms with E-state index in [0.29, 0.717) is 13.1 Å². The third-order valence-corrected chi connectivity index (χ3v) is 3.80. The van der Waals surface area contributed by atoms with E-state index in [1.54, 1.807) is 0 Å². The first kappa shape index (κ1) is 17.1. The molecule has 0 unspecified atom stereocenters. The minimum atomic E-state index is -4.77. The first-order valence-electron chi connectivity index (χ1n) is 7.60. The van der Waals surface area contributed by atoms with Crippen molar-refractivity contribution in [3.63, 3.8) is 0 Å². The molecule has 1 N–H and O–H groups in total. The summed E-state index contributed by atoms with van der Waals surface area (Å²) in [5.41, 5.74) is -1.64. The maximum Gasteiger partial charge on any atom is 0.435 e. The Kier molecular flexibility index (Phi) is 4.56. The molecule has 9 heteroatoms. The van der Waals surface area contributed by atoms with Gasteiger partial charge in [-0.15, -0.1) is 0 Å². The van der Waals surface area contributed by atoms with Crippen LogP contribution in [0.3, 0.4) is 0 Å². The summed E-state index contributed by atoms with van der Waals surface area (Å²) in [5, 5.41) is 2.26. The molecule has 25 heavy (non-hydrogen) atoms. The number of carbonyl (C=O) groups excluding carboxylic acids is 1. The first-order valence-corrected chi connectivity index (χ1v) is 7.60. The molecule has 0 aliphatic carbocycles. The smallest absolute Gasteiger partial charge is 0.325 e. The van der Waals surface area contributed by atoms with Gasteiger partial charge in [0.1, 0.15) is 5.82 Å². The van der Waals surface area contributed by atoms with Crippen molar-refractivity contribution in [1.82, 2.24) is 14.9 Å². The molecule has 0 bridgehead atoms. The van der Waals surface area contributed by atoms with Crippen molar-refractivity contribution in [2.45, 2.75) is 19.0 Å². The van der Waals surface area contributed by atoms with Gasteiger partial charge in [-0.3, -0.25) is 4.98 Å². The van der Waals surface area contributed by atoms with Gasteiger partial charge in [-0.2, -0.15) is 13.2 Å². The number of carbonyl (C=O) groups is 1.